The number of ether oxygens (including phenoxy) is 1. The summed E-state index contributed by atoms with van der Waals surface area (Å²) in [5.74, 6) is 6.05. The molecule has 0 radical (unpaired) electrons. The summed E-state index contributed by atoms with van der Waals surface area (Å²) in [5.41, 5.74) is 0.824. The number of hydrogen-bond acceptors (Lipinski definition) is 4. The minimum atomic E-state index is -0.496. The SMILES string of the molecule is Cc1ccccc1OCC#CCNC(=O)c1ccc(=O)oc1. The number of benzene rings is 1. The molecule has 1 amide bonds. The van der Waals surface area contributed by atoms with Gasteiger partial charge in [0.1, 0.15) is 18.6 Å². The summed E-state index contributed by atoms with van der Waals surface area (Å²) < 4.78 is 10.1. The molecule has 2 rings (SSSR count). The summed E-state index contributed by atoms with van der Waals surface area (Å²) in [6.07, 6.45) is 1.12. The summed E-state index contributed by atoms with van der Waals surface area (Å²) in [5, 5.41) is 2.60. The van der Waals surface area contributed by atoms with Gasteiger partial charge in [0.05, 0.1) is 12.1 Å². The highest BCUT2D eigenvalue weighted by molar-refractivity contribution is 5.93. The maximum absolute atomic E-state index is 11.7. The van der Waals surface area contributed by atoms with E-state index in [-0.39, 0.29) is 24.6 Å². The van der Waals surface area contributed by atoms with Gasteiger partial charge in [-0.15, -0.1) is 0 Å². The van der Waals surface area contributed by atoms with Gasteiger partial charge in [0.2, 0.25) is 0 Å². The molecule has 112 valence electrons. The number of amides is 1. The first-order valence-corrected chi connectivity index (χ1v) is 6.68. The van der Waals surface area contributed by atoms with E-state index in [9.17, 15) is 9.59 Å². The summed E-state index contributed by atoms with van der Waals surface area (Å²) in [4.78, 5) is 22.5. The summed E-state index contributed by atoms with van der Waals surface area (Å²) >= 11 is 0. The van der Waals surface area contributed by atoms with Crippen molar-refractivity contribution in [3.63, 3.8) is 0 Å². The van der Waals surface area contributed by atoms with Crippen molar-refractivity contribution < 1.29 is 13.9 Å². The largest absolute Gasteiger partial charge is 0.481 e. The van der Waals surface area contributed by atoms with Gasteiger partial charge in [-0.3, -0.25) is 4.79 Å². The number of rotatable bonds is 4. The van der Waals surface area contributed by atoms with Crippen molar-refractivity contribution in [3.8, 4) is 17.6 Å². The average molecular weight is 297 g/mol. The Labute approximate surface area is 127 Å². The van der Waals surface area contributed by atoms with Crippen LogP contribution in [0.3, 0.4) is 0 Å². The van der Waals surface area contributed by atoms with Crippen LogP contribution in [0.2, 0.25) is 0 Å². The van der Waals surface area contributed by atoms with Crippen molar-refractivity contribution in [1.29, 1.82) is 0 Å². The van der Waals surface area contributed by atoms with Crippen molar-refractivity contribution in [2.24, 2.45) is 0 Å². The molecule has 1 N–H and O–H groups in total. The van der Waals surface area contributed by atoms with Gasteiger partial charge >= 0.3 is 5.63 Å². The molecule has 0 fully saturated rings. The minimum absolute atomic E-state index is 0.190. The fourth-order valence-electron chi connectivity index (χ4n) is 1.66. The standard InChI is InChI=1S/C17H15NO4/c1-13-6-2-3-7-15(13)21-11-5-4-10-18-17(20)14-8-9-16(19)22-12-14/h2-3,6-9,12H,10-11H2,1H3,(H,18,20). The van der Waals surface area contributed by atoms with Crippen molar-refractivity contribution in [1.82, 2.24) is 5.32 Å². The van der Waals surface area contributed by atoms with Crippen molar-refractivity contribution in [3.05, 3.63) is 64.2 Å². The Morgan fingerprint density at radius 1 is 1.23 bits per heavy atom. The van der Waals surface area contributed by atoms with Gasteiger partial charge in [-0.25, -0.2) is 4.79 Å². The molecule has 1 heterocycles. The normalized spacial score (nSPS) is 9.50. The van der Waals surface area contributed by atoms with E-state index in [0.717, 1.165) is 17.6 Å². The van der Waals surface area contributed by atoms with E-state index in [1.165, 1.54) is 12.1 Å². The molecule has 1 aromatic carbocycles. The van der Waals surface area contributed by atoms with Crippen LogP contribution in [0.4, 0.5) is 0 Å². The molecule has 0 aliphatic rings. The third kappa shape index (κ3) is 4.53. The van der Waals surface area contributed by atoms with Crippen LogP contribution in [-0.4, -0.2) is 19.1 Å². The maximum atomic E-state index is 11.7. The number of hydrogen-bond donors (Lipinski definition) is 1. The van der Waals surface area contributed by atoms with Crippen LogP contribution in [-0.2, 0) is 0 Å². The quantitative estimate of drug-likeness (QED) is 0.873. The van der Waals surface area contributed by atoms with Crippen LogP contribution in [0.15, 0.2) is 51.9 Å². The Bertz CT molecular complexity index is 747. The predicted octanol–water partition coefficient (Wildman–Crippen LogP) is 1.76. The topological polar surface area (TPSA) is 68.5 Å². The fourth-order valence-corrected chi connectivity index (χ4v) is 1.66. The molecule has 0 atom stereocenters. The second-order valence-electron chi connectivity index (χ2n) is 4.43. The Hall–Kier alpha value is -3.00. The average Bonchev–Trinajstić information content (AvgIpc) is 2.53. The van der Waals surface area contributed by atoms with E-state index in [1.54, 1.807) is 0 Å². The molecule has 22 heavy (non-hydrogen) atoms. The Morgan fingerprint density at radius 3 is 2.77 bits per heavy atom. The molecule has 2 aromatic rings. The van der Waals surface area contributed by atoms with E-state index < -0.39 is 5.63 Å². The zero-order valence-corrected chi connectivity index (χ0v) is 12.1. The van der Waals surface area contributed by atoms with Gasteiger partial charge in [0.25, 0.3) is 5.91 Å². The molecule has 0 saturated carbocycles. The van der Waals surface area contributed by atoms with Crippen molar-refractivity contribution in [2.75, 3.05) is 13.2 Å². The molecule has 1 aromatic heterocycles. The number of carbonyl (C=O) groups is 1. The molecular weight excluding hydrogens is 282 g/mol. The summed E-state index contributed by atoms with van der Waals surface area (Å²) in [6.45, 7) is 2.40. The molecule has 0 spiro atoms. The van der Waals surface area contributed by atoms with Crippen molar-refractivity contribution >= 4 is 5.91 Å². The molecule has 0 aliphatic heterocycles. The second kappa shape index (κ2) is 7.70. The van der Waals surface area contributed by atoms with Crippen LogP contribution >= 0.6 is 0 Å². The Morgan fingerprint density at radius 2 is 2.05 bits per heavy atom. The molecule has 0 aliphatic carbocycles. The second-order valence-corrected chi connectivity index (χ2v) is 4.43. The molecule has 0 saturated heterocycles. The van der Waals surface area contributed by atoms with Gasteiger partial charge in [-0.2, -0.15) is 0 Å². The lowest BCUT2D eigenvalue weighted by molar-refractivity contribution is 0.0956. The van der Waals surface area contributed by atoms with Crippen LogP contribution in [0.25, 0.3) is 0 Å². The molecule has 5 nitrogen and oxygen atoms in total. The Kier molecular flexibility index (Phi) is 5.38. The number of carbonyl (C=O) groups excluding carboxylic acids is 1. The van der Waals surface area contributed by atoms with Crippen molar-refractivity contribution in [2.45, 2.75) is 6.92 Å². The van der Waals surface area contributed by atoms with Crippen LogP contribution in [0.1, 0.15) is 15.9 Å². The number of para-hydroxylation sites is 1. The first kappa shape index (κ1) is 15.4. The van der Waals surface area contributed by atoms with Crippen LogP contribution < -0.4 is 15.7 Å². The number of aryl methyl sites for hydroxylation is 1. The van der Waals surface area contributed by atoms with Gasteiger partial charge in [0.15, 0.2) is 0 Å². The first-order chi connectivity index (χ1) is 10.7. The lowest BCUT2D eigenvalue weighted by atomic mass is 10.2. The molecule has 0 unspecified atom stereocenters. The third-order valence-corrected chi connectivity index (χ3v) is 2.82. The third-order valence-electron chi connectivity index (χ3n) is 2.82. The number of nitrogens with one attached hydrogen (secondary N) is 1. The van der Waals surface area contributed by atoms with Crippen LogP contribution in [0.5, 0.6) is 5.75 Å². The molecule has 5 heteroatoms. The highest BCUT2D eigenvalue weighted by Gasteiger charge is 2.04. The van der Waals surface area contributed by atoms with E-state index in [1.807, 2.05) is 31.2 Å². The predicted molar refractivity (Wildman–Crippen MR) is 81.8 cm³/mol. The van der Waals surface area contributed by atoms with E-state index >= 15 is 0 Å². The highest BCUT2D eigenvalue weighted by atomic mass is 16.5. The van der Waals surface area contributed by atoms with Gasteiger partial charge in [-0.05, 0) is 24.6 Å². The minimum Gasteiger partial charge on any atom is -0.481 e. The fraction of sp³-hybridized carbons (Fsp3) is 0.176. The monoisotopic (exact) mass is 297 g/mol. The maximum Gasteiger partial charge on any atom is 0.335 e. The summed E-state index contributed by atoms with van der Waals surface area (Å²) in [7, 11) is 0. The summed E-state index contributed by atoms with van der Waals surface area (Å²) in [6, 6.07) is 10.3. The first-order valence-electron chi connectivity index (χ1n) is 6.68. The lowest BCUT2D eigenvalue weighted by Crippen LogP contribution is -2.23. The van der Waals surface area contributed by atoms with Gasteiger partial charge in [-0.1, -0.05) is 30.0 Å². The smallest absolute Gasteiger partial charge is 0.335 e. The van der Waals surface area contributed by atoms with E-state index in [2.05, 4.69) is 21.6 Å². The van der Waals surface area contributed by atoms with E-state index in [0.29, 0.717) is 0 Å². The lowest BCUT2D eigenvalue weighted by Gasteiger charge is -2.04. The van der Waals surface area contributed by atoms with Gasteiger partial charge in [0, 0.05) is 6.07 Å². The highest BCUT2D eigenvalue weighted by Crippen LogP contribution is 2.15. The van der Waals surface area contributed by atoms with Crippen LogP contribution in [0, 0.1) is 18.8 Å². The molecular formula is C17H15NO4. The van der Waals surface area contributed by atoms with E-state index in [4.69, 9.17) is 4.74 Å². The Balaban J connectivity index is 1.75. The zero-order chi connectivity index (χ0) is 15.8. The van der Waals surface area contributed by atoms with Gasteiger partial charge < -0.3 is 14.5 Å². The molecule has 0 bridgehead atoms. The zero-order valence-electron chi connectivity index (χ0n) is 12.1.